The molecule has 2 amide bonds. The van der Waals surface area contributed by atoms with Crippen molar-refractivity contribution in [3.63, 3.8) is 0 Å². The van der Waals surface area contributed by atoms with Crippen molar-refractivity contribution in [2.24, 2.45) is 5.73 Å². The van der Waals surface area contributed by atoms with Crippen molar-refractivity contribution < 1.29 is 29.0 Å². The lowest BCUT2D eigenvalue weighted by molar-refractivity contribution is -0.161. The summed E-state index contributed by atoms with van der Waals surface area (Å²) in [4.78, 5) is 44.5. The Kier molecular flexibility index (Phi) is 7.40. The number of nitrogens with zero attached hydrogens (tertiary/aromatic N) is 2. The Morgan fingerprint density at radius 1 is 1.13 bits per heavy atom. The molecule has 3 N–H and O–H groups in total. The van der Waals surface area contributed by atoms with Crippen molar-refractivity contribution in [2.45, 2.75) is 35.8 Å². The van der Waals surface area contributed by atoms with Crippen LogP contribution in [0.2, 0.25) is 0 Å². The number of primary amides is 1. The summed E-state index contributed by atoms with van der Waals surface area (Å²) in [6.07, 6.45) is 1.52. The quantitative estimate of drug-likeness (QED) is 0.250. The molecule has 5 rings (SSSR count). The SMILES string of the molecule is C[C@@]1(COC(N)=O)SC2C(=Cc3cc(CO)ccn3)C(=O)N2[C@H]1C(=O)OC(c1ccccc1)c1ccccc1. The predicted octanol–water partition coefficient (Wildman–Crippen LogP) is 3.43. The van der Waals surface area contributed by atoms with Crippen LogP contribution in [0.1, 0.15) is 35.4 Å². The molecule has 200 valence electrons. The number of carbonyl (C=O) groups excluding carboxylic acids is 3. The number of carbonyl (C=O) groups is 3. The second-order valence-electron chi connectivity index (χ2n) is 9.49. The number of benzene rings is 2. The molecule has 3 atom stereocenters. The average molecular weight is 546 g/mol. The van der Waals surface area contributed by atoms with Crippen LogP contribution in [-0.2, 0) is 25.7 Å². The standard InChI is InChI=1S/C29H27N3O6S/c1-29(17-37-28(30)36)24(27(35)38-23(19-8-4-2-5-9-19)20-10-6-3-7-11-20)32-25(34)22(26(32)39-29)15-21-14-18(16-33)12-13-31-21/h2-15,23-24,26,33H,16-17H2,1H3,(H2,30,36)/t24-,26?,29-/m0/s1. The fourth-order valence-corrected chi connectivity index (χ4v) is 6.45. The lowest BCUT2D eigenvalue weighted by atomic mass is 9.93. The van der Waals surface area contributed by atoms with E-state index in [0.29, 0.717) is 16.8 Å². The van der Waals surface area contributed by atoms with Gasteiger partial charge in [-0.05, 0) is 41.8 Å². The molecule has 9 nitrogen and oxygen atoms in total. The Morgan fingerprint density at radius 2 is 1.77 bits per heavy atom. The number of thioether (sulfide) groups is 1. The number of aromatic nitrogens is 1. The zero-order valence-electron chi connectivity index (χ0n) is 21.1. The third kappa shape index (κ3) is 5.25. The minimum atomic E-state index is -1.04. The molecule has 2 saturated heterocycles. The number of hydrogen-bond donors (Lipinski definition) is 2. The number of pyridine rings is 1. The number of ether oxygens (including phenoxy) is 2. The van der Waals surface area contributed by atoms with Gasteiger partial charge >= 0.3 is 12.1 Å². The van der Waals surface area contributed by atoms with Gasteiger partial charge in [0.05, 0.1) is 22.6 Å². The number of amides is 2. The van der Waals surface area contributed by atoms with Crippen LogP contribution in [0.25, 0.3) is 6.08 Å². The van der Waals surface area contributed by atoms with Crippen molar-refractivity contribution in [2.75, 3.05) is 6.61 Å². The maximum atomic E-state index is 13.9. The first-order valence-corrected chi connectivity index (χ1v) is 13.2. The number of hydrogen-bond acceptors (Lipinski definition) is 8. The van der Waals surface area contributed by atoms with E-state index in [-0.39, 0.29) is 19.1 Å². The van der Waals surface area contributed by atoms with Crippen molar-refractivity contribution in [1.29, 1.82) is 0 Å². The van der Waals surface area contributed by atoms with E-state index >= 15 is 0 Å². The molecule has 0 spiro atoms. The maximum absolute atomic E-state index is 13.9. The van der Waals surface area contributed by atoms with Gasteiger partial charge in [-0.15, -0.1) is 11.8 Å². The minimum Gasteiger partial charge on any atom is -0.451 e. The fourth-order valence-electron chi connectivity index (χ4n) is 4.85. The van der Waals surface area contributed by atoms with Gasteiger partial charge in [-0.1, -0.05) is 60.7 Å². The first-order valence-electron chi connectivity index (χ1n) is 12.3. The summed E-state index contributed by atoms with van der Waals surface area (Å²) in [6, 6.07) is 21.0. The number of nitrogens with two attached hydrogens (primary N) is 1. The highest BCUT2D eigenvalue weighted by Crippen LogP contribution is 2.54. The Bertz CT molecular complexity index is 1380. The van der Waals surface area contributed by atoms with E-state index in [1.54, 1.807) is 31.3 Å². The Hall–Kier alpha value is -4.15. The van der Waals surface area contributed by atoms with Crippen LogP contribution >= 0.6 is 11.8 Å². The number of β-lactam (4-membered cyclic amide) rings is 1. The highest BCUT2D eigenvalue weighted by Gasteiger charge is 2.64. The molecule has 39 heavy (non-hydrogen) atoms. The molecule has 0 saturated carbocycles. The van der Waals surface area contributed by atoms with Crippen LogP contribution in [0.15, 0.2) is 84.6 Å². The van der Waals surface area contributed by atoms with Crippen molar-refractivity contribution in [3.8, 4) is 0 Å². The summed E-state index contributed by atoms with van der Waals surface area (Å²) < 4.78 is 10.2. The van der Waals surface area contributed by atoms with E-state index in [2.05, 4.69) is 4.98 Å². The van der Waals surface area contributed by atoms with E-state index in [1.807, 2.05) is 60.7 Å². The van der Waals surface area contributed by atoms with Gasteiger partial charge in [0.15, 0.2) is 6.10 Å². The lowest BCUT2D eigenvalue weighted by Crippen LogP contribution is -2.60. The monoisotopic (exact) mass is 545 g/mol. The molecule has 2 fully saturated rings. The summed E-state index contributed by atoms with van der Waals surface area (Å²) in [5.41, 5.74) is 8.42. The van der Waals surface area contributed by atoms with E-state index < -0.39 is 34.3 Å². The Labute approximate surface area is 229 Å². The summed E-state index contributed by atoms with van der Waals surface area (Å²) in [5.74, 6) is -0.962. The van der Waals surface area contributed by atoms with Crippen molar-refractivity contribution >= 4 is 35.8 Å². The highest BCUT2D eigenvalue weighted by molar-refractivity contribution is 8.02. The fraction of sp³-hybridized carbons (Fsp3) is 0.241. The van der Waals surface area contributed by atoms with E-state index in [0.717, 1.165) is 11.1 Å². The normalized spacial score (nSPS) is 22.9. The van der Waals surface area contributed by atoms with Gasteiger partial charge in [0.1, 0.15) is 18.0 Å². The maximum Gasteiger partial charge on any atom is 0.404 e. The van der Waals surface area contributed by atoms with Gasteiger partial charge in [0.2, 0.25) is 0 Å². The topological polar surface area (TPSA) is 132 Å². The molecule has 3 heterocycles. The summed E-state index contributed by atoms with van der Waals surface area (Å²) >= 11 is 1.33. The molecule has 0 aliphatic carbocycles. The predicted molar refractivity (Wildman–Crippen MR) is 145 cm³/mol. The van der Waals surface area contributed by atoms with Gasteiger partial charge in [-0.2, -0.15) is 0 Å². The molecule has 3 aromatic rings. The highest BCUT2D eigenvalue weighted by atomic mass is 32.2. The van der Waals surface area contributed by atoms with E-state index in [9.17, 15) is 19.5 Å². The summed E-state index contributed by atoms with van der Waals surface area (Å²) in [7, 11) is 0. The van der Waals surface area contributed by atoms with Crippen LogP contribution in [0.5, 0.6) is 0 Å². The molecule has 0 radical (unpaired) electrons. The Morgan fingerprint density at radius 3 is 2.36 bits per heavy atom. The first kappa shape index (κ1) is 26.5. The van der Waals surface area contributed by atoms with Gasteiger partial charge in [-0.3, -0.25) is 9.78 Å². The molecular weight excluding hydrogens is 518 g/mol. The molecule has 1 unspecified atom stereocenters. The smallest absolute Gasteiger partial charge is 0.404 e. The van der Waals surface area contributed by atoms with Gasteiger partial charge in [0.25, 0.3) is 5.91 Å². The molecule has 1 aromatic heterocycles. The second kappa shape index (κ2) is 10.9. The zero-order valence-corrected chi connectivity index (χ0v) is 21.9. The number of fused-ring (bicyclic) bond motifs is 1. The van der Waals surface area contributed by atoms with Gasteiger partial charge < -0.3 is 25.2 Å². The van der Waals surface area contributed by atoms with Gasteiger partial charge in [-0.25, -0.2) is 9.59 Å². The minimum absolute atomic E-state index is 0.155. The van der Waals surface area contributed by atoms with Crippen molar-refractivity contribution in [3.05, 3.63) is 107 Å². The van der Waals surface area contributed by atoms with Crippen LogP contribution < -0.4 is 5.73 Å². The molecule has 10 heteroatoms. The van der Waals surface area contributed by atoms with Crippen LogP contribution in [0.4, 0.5) is 4.79 Å². The number of esters is 1. The van der Waals surface area contributed by atoms with E-state index in [4.69, 9.17) is 15.2 Å². The van der Waals surface area contributed by atoms with E-state index in [1.165, 1.54) is 16.7 Å². The number of aliphatic hydroxyl groups excluding tert-OH is 1. The van der Waals surface area contributed by atoms with Crippen LogP contribution in [0, 0.1) is 0 Å². The zero-order chi connectivity index (χ0) is 27.6. The molecule has 2 aliphatic rings. The molecule has 0 bridgehead atoms. The van der Waals surface area contributed by atoms with Crippen molar-refractivity contribution in [1.82, 2.24) is 9.88 Å². The summed E-state index contributed by atoms with van der Waals surface area (Å²) in [5, 5.41) is 8.96. The number of aliphatic hydroxyl groups is 1. The molecule has 2 aromatic carbocycles. The molecule has 2 aliphatic heterocycles. The first-order chi connectivity index (χ1) is 18.8. The van der Waals surface area contributed by atoms with Gasteiger partial charge in [0, 0.05) is 6.20 Å². The average Bonchev–Trinajstić information content (AvgIpc) is 3.24. The lowest BCUT2D eigenvalue weighted by Gasteiger charge is -2.40. The Balaban J connectivity index is 1.47. The largest absolute Gasteiger partial charge is 0.451 e. The second-order valence-corrected chi connectivity index (χ2v) is 11.1. The molecular formula is C29H27N3O6S. The third-order valence-corrected chi connectivity index (χ3v) is 8.32. The van der Waals surface area contributed by atoms with Crippen LogP contribution in [0.3, 0.4) is 0 Å². The third-order valence-electron chi connectivity index (χ3n) is 6.73. The number of rotatable bonds is 8. The summed E-state index contributed by atoms with van der Waals surface area (Å²) in [6.45, 7) is 1.40. The van der Waals surface area contributed by atoms with Crippen LogP contribution in [-0.4, -0.2) is 55.7 Å².